The molecule has 1 rings (SSSR count). The van der Waals surface area contributed by atoms with Crippen molar-refractivity contribution in [1.82, 2.24) is 0 Å². The Hall–Kier alpha value is 0.0774. The summed E-state index contributed by atoms with van der Waals surface area (Å²) < 4.78 is 1.51. The second kappa shape index (κ2) is 1.90. The van der Waals surface area contributed by atoms with E-state index < -0.39 is 0 Å². The number of rotatable bonds is 0. The average Bonchev–Trinajstić information content (AvgIpc) is 1.91. The van der Waals surface area contributed by atoms with Crippen LogP contribution in [0.15, 0.2) is 22.0 Å². The van der Waals surface area contributed by atoms with Gasteiger partial charge in [-0.05, 0) is 0 Å². The van der Waals surface area contributed by atoms with Gasteiger partial charge < -0.3 is 0 Å². The summed E-state index contributed by atoms with van der Waals surface area (Å²) in [5, 5.41) is 0. The van der Waals surface area contributed by atoms with Crippen LogP contribution in [-0.4, -0.2) is 17.7 Å². The van der Waals surface area contributed by atoms with Crippen LogP contribution in [0.4, 0.5) is 0 Å². The van der Waals surface area contributed by atoms with Crippen LogP contribution in [0.2, 0.25) is 0 Å². The van der Waals surface area contributed by atoms with E-state index in [2.05, 4.69) is 36.8 Å². The Kier molecular flexibility index (Phi) is 1.42. The summed E-state index contributed by atoms with van der Waals surface area (Å²) in [6, 6.07) is 0. The molecule has 0 heterocycles. The van der Waals surface area contributed by atoms with Gasteiger partial charge in [0.05, 0.1) is 0 Å². The molecule has 0 aromatic heterocycles. The third-order valence-corrected chi connectivity index (χ3v) is 1.47. The van der Waals surface area contributed by atoms with Gasteiger partial charge in [-0.3, -0.25) is 0 Å². The fourth-order valence-corrected chi connectivity index (χ4v) is 0.716. The Morgan fingerprint density at radius 1 is 1.71 bits per heavy atom. The van der Waals surface area contributed by atoms with Crippen molar-refractivity contribution in [1.29, 1.82) is 0 Å². The van der Waals surface area contributed by atoms with Gasteiger partial charge >= 0.3 is 53.0 Å². The van der Waals surface area contributed by atoms with Crippen LogP contribution in [0.1, 0.15) is 13.3 Å². The van der Waals surface area contributed by atoms with Crippen molar-refractivity contribution in [2.24, 2.45) is 0 Å². The van der Waals surface area contributed by atoms with Gasteiger partial charge in [0, 0.05) is 0 Å². The van der Waals surface area contributed by atoms with Gasteiger partial charge in [-0.25, -0.2) is 0 Å². The SMILES string of the molecule is [Li][C]1=C(C)C=CC1. The van der Waals surface area contributed by atoms with Gasteiger partial charge in [-0.15, -0.1) is 0 Å². The molecule has 0 amide bonds. The second-order valence-corrected chi connectivity index (χ2v) is 2.07. The molecule has 0 fully saturated rings. The molecule has 0 saturated heterocycles. The van der Waals surface area contributed by atoms with Gasteiger partial charge in [0.1, 0.15) is 0 Å². The molecular weight excluding hydrogens is 79.0 g/mol. The Labute approximate surface area is 53.5 Å². The summed E-state index contributed by atoms with van der Waals surface area (Å²) in [5.74, 6) is 0. The first kappa shape index (κ1) is 5.22. The van der Waals surface area contributed by atoms with Crippen LogP contribution in [0.25, 0.3) is 0 Å². The molecule has 0 aliphatic heterocycles. The van der Waals surface area contributed by atoms with Crippen molar-refractivity contribution >= 4 is 17.7 Å². The zero-order valence-electron chi connectivity index (χ0n) is 4.86. The molecule has 32 valence electrons. The second-order valence-electron chi connectivity index (χ2n) is 2.07. The van der Waals surface area contributed by atoms with Crippen molar-refractivity contribution < 1.29 is 0 Å². The van der Waals surface area contributed by atoms with Crippen molar-refractivity contribution in [3.8, 4) is 0 Å². The normalized spacial score (nSPS) is 19.3. The van der Waals surface area contributed by atoms with E-state index >= 15 is 0 Å². The summed E-state index contributed by atoms with van der Waals surface area (Å²) >= 11 is 2.18. The molecule has 0 unspecified atom stereocenters. The van der Waals surface area contributed by atoms with E-state index in [1.807, 2.05) is 0 Å². The number of allylic oxidation sites excluding steroid dienone is 4. The van der Waals surface area contributed by atoms with E-state index in [9.17, 15) is 0 Å². The predicted molar refractivity (Wildman–Crippen MR) is 32.2 cm³/mol. The summed E-state index contributed by atoms with van der Waals surface area (Å²) in [4.78, 5) is 0. The Balaban J connectivity index is 2.79. The van der Waals surface area contributed by atoms with Crippen LogP contribution in [0, 0.1) is 0 Å². The maximum absolute atomic E-state index is 2.20. The monoisotopic (exact) mass is 86.1 g/mol. The summed E-state index contributed by atoms with van der Waals surface area (Å²) in [6.07, 6.45) is 5.55. The van der Waals surface area contributed by atoms with Gasteiger partial charge in [-0.1, -0.05) is 0 Å². The quantitative estimate of drug-likeness (QED) is 0.391. The molecule has 0 N–H and O–H groups in total. The standard InChI is InChI=1S/C6H7.Li/c1-6-4-2-3-5-6;/h2,4H,3H2,1H3;. The number of hydrogen-bond acceptors (Lipinski definition) is 0. The molecule has 1 heteroatoms. The van der Waals surface area contributed by atoms with Gasteiger partial charge in [0.25, 0.3) is 0 Å². The first-order chi connectivity index (χ1) is 3.30. The zero-order chi connectivity index (χ0) is 5.28. The first-order valence-corrected chi connectivity index (χ1v) is 2.63. The van der Waals surface area contributed by atoms with Crippen molar-refractivity contribution in [2.45, 2.75) is 13.3 Å². The van der Waals surface area contributed by atoms with Crippen LogP contribution < -0.4 is 0 Å². The molecule has 0 atom stereocenters. The topological polar surface area (TPSA) is 0 Å². The van der Waals surface area contributed by atoms with Crippen molar-refractivity contribution in [3.05, 3.63) is 22.0 Å². The van der Waals surface area contributed by atoms with E-state index in [0.717, 1.165) is 0 Å². The third-order valence-electron chi connectivity index (χ3n) is 1.47. The molecule has 0 nitrogen and oxygen atoms in total. The van der Waals surface area contributed by atoms with Gasteiger partial charge in [-0.2, -0.15) is 0 Å². The minimum absolute atomic E-state index is 1.17. The van der Waals surface area contributed by atoms with Crippen molar-refractivity contribution in [2.75, 3.05) is 0 Å². The first-order valence-electron chi connectivity index (χ1n) is 2.63. The van der Waals surface area contributed by atoms with Crippen molar-refractivity contribution in [3.63, 3.8) is 0 Å². The fraction of sp³-hybridized carbons (Fsp3) is 0.333. The molecular formula is C6H7Li. The molecule has 0 bridgehead atoms. The van der Waals surface area contributed by atoms with Crippen LogP contribution >= 0.6 is 0 Å². The molecule has 0 aromatic carbocycles. The Morgan fingerprint density at radius 3 is 2.57 bits per heavy atom. The Bertz CT molecular complexity index is 131. The molecule has 1 aliphatic rings. The van der Waals surface area contributed by atoms with Gasteiger partial charge in [0.2, 0.25) is 0 Å². The van der Waals surface area contributed by atoms with Crippen LogP contribution in [-0.2, 0) is 0 Å². The molecule has 1 aliphatic carbocycles. The van der Waals surface area contributed by atoms with E-state index in [0.29, 0.717) is 0 Å². The van der Waals surface area contributed by atoms with Crippen LogP contribution in [0.5, 0.6) is 0 Å². The van der Waals surface area contributed by atoms with E-state index in [1.54, 1.807) is 0 Å². The third kappa shape index (κ3) is 0.995. The zero-order valence-corrected chi connectivity index (χ0v) is 4.86. The summed E-state index contributed by atoms with van der Waals surface area (Å²) in [6.45, 7) is 2.15. The summed E-state index contributed by atoms with van der Waals surface area (Å²) in [5.41, 5.74) is 1.44. The molecule has 7 heavy (non-hydrogen) atoms. The molecule has 0 spiro atoms. The average molecular weight is 86.1 g/mol. The summed E-state index contributed by atoms with van der Waals surface area (Å²) in [7, 11) is 0. The Morgan fingerprint density at radius 2 is 2.43 bits per heavy atom. The molecule has 0 radical (unpaired) electrons. The van der Waals surface area contributed by atoms with E-state index in [4.69, 9.17) is 0 Å². The van der Waals surface area contributed by atoms with Gasteiger partial charge in [0.15, 0.2) is 0 Å². The molecule has 0 aromatic rings. The van der Waals surface area contributed by atoms with E-state index in [1.165, 1.54) is 16.2 Å². The maximum atomic E-state index is 2.20. The molecule has 0 saturated carbocycles. The fourth-order valence-electron chi connectivity index (χ4n) is 0.716. The van der Waals surface area contributed by atoms with Crippen LogP contribution in [0.3, 0.4) is 0 Å². The predicted octanol–water partition coefficient (Wildman–Crippen LogP) is 1.39. The number of hydrogen-bond donors (Lipinski definition) is 0. The van der Waals surface area contributed by atoms with E-state index in [-0.39, 0.29) is 0 Å². The minimum atomic E-state index is 1.17.